The molecule has 0 saturated carbocycles. The zero-order valence-corrected chi connectivity index (χ0v) is 27.3. The summed E-state index contributed by atoms with van der Waals surface area (Å²) in [6.07, 6.45) is 4.15. The van der Waals surface area contributed by atoms with Crippen molar-refractivity contribution in [3.63, 3.8) is 0 Å². The third-order valence-corrected chi connectivity index (χ3v) is 9.20. The summed E-state index contributed by atoms with van der Waals surface area (Å²) in [4.78, 5) is 15.7. The molecule has 4 heterocycles. The van der Waals surface area contributed by atoms with Crippen molar-refractivity contribution in [1.29, 1.82) is 0 Å². The summed E-state index contributed by atoms with van der Waals surface area (Å²) in [5.74, 6) is 2.35. The molecule has 3 atom stereocenters. The number of hydrogen-bond acceptors (Lipinski definition) is 7. The molecule has 0 spiro atoms. The second kappa shape index (κ2) is 12.4. The number of rotatable bonds is 7. The van der Waals surface area contributed by atoms with E-state index in [2.05, 4.69) is 58.6 Å². The van der Waals surface area contributed by atoms with Crippen molar-refractivity contribution in [3.8, 4) is 11.4 Å². The lowest BCUT2D eigenvalue weighted by atomic mass is 9.85. The molecule has 1 aliphatic heterocycles. The minimum absolute atomic E-state index is 0.174. The van der Waals surface area contributed by atoms with E-state index >= 15 is 0 Å². The minimum Gasteiger partial charge on any atom is -0.484 e. The number of aliphatic hydroxyl groups is 1. The first-order chi connectivity index (χ1) is 22.7. The average molecular weight is 635 g/mol. The van der Waals surface area contributed by atoms with Gasteiger partial charge in [0.2, 0.25) is 5.95 Å². The third kappa shape index (κ3) is 6.27. The predicted molar refractivity (Wildman–Crippen MR) is 181 cm³/mol. The van der Waals surface area contributed by atoms with Crippen LogP contribution in [-0.2, 0) is 5.41 Å². The fraction of sp³-hybridized carbons (Fsp3) is 0.389. The largest absolute Gasteiger partial charge is 0.484 e. The van der Waals surface area contributed by atoms with Crippen LogP contribution in [0.2, 0.25) is 0 Å². The van der Waals surface area contributed by atoms with Gasteiger partial charge in [-0.15, -0.1) is 10.2 Å². The Morgan fingerprint density at radius 3 is 2.53 bits per heavy atom. The van der Waals surface area contributed by atoms with E-state index in [0.717, 1.165) is 77.8 Å². The summed E-state index contributed by atoms with van der Waals surface area (Å²) in [7, 11) is 0. The Balaban J connectivity index is 1.08. The molecule has 3 aromatic heterocycles. The molecule has 0 radical (unpaired) electrons. The molecular weight excluding hydrogens is 592 g/mol. The van der Waals surface area contributed by atoms with Crippen LogP contribution in [0.1, 0.15) is 74.6 Å². The number of aromatic nitrogens is 5. The van der Waals surface area contributed by atoms with Crippen LogP contribution in [0.15, 0.2) is 72.9 Å². The topological polar surface area (TPSA) is 122 Å². The number of amides is 2. The van der Waals surface area contributed by atoms with E-state index in [-0.39, 0.29) is 36.1 Å². The van der Waals surface area contributed by atoms with Crippen molar-refractivity contribution in [3.05, 3.63) is 95.3 Å². The van der Waals surface area contributed by atoms with Crippen molar-refractivity contribution < 1.29 is 14.6 Å². The molecular formula is C36H42N8O3. The van der Waals surface area contributed by atoms with E-state index in [1.54, 1.807) is 4.68 Å². The predicted octanol–water partition coefficient (Wildman–Crippen LogP) is 6.12. The molecule has 2 aromatic carbocycles. The van der Waals surface area contributed by atoms with Crippen molar-refractivity contribution in [1.82, 2.24) is 29.7 Å². The fourth-order valence-electron chi connectivity index (χ4n) is 6.53. The normalized spacial score (nSPS) is 19.5. The van der Waals surface area contributed by atoms with E-state index in [9.17, 15) is 9.90 Å². The molecule has 3 N–H and O–H groups in total. The van der Waals surface area contributed by atoms with Crippen LogP contribution in [0.25, 0.3) is 11.3 Å². The molecule has 11 heteroatoms. The summed E-state index contributed by atoms with van der Waals surface area (Å²) in [5, 5.41) is 29.5. The number of anilines is 2. The van der Waals surface area contributed by atoms with Crippen LogP contribution in [0.4, 0.5) is 16.6 Å². The Morgan fingerprint density at radius 2 is 1.79 bits per heavy atom. The summed E-state index contributed by atoms with van der Waals surface area (Å²) in [6, 6.07) is 21.6. The molecule has 1 aliphatic carbocycles. The van der Waals surface area contributed by atoms with Crippen molar-refractivity contribution in [2.24, 2.45) is 5.92 Å². The first kappa shape index (κ1) is 30.7. The van der Waals surface area contributed by atoms with E-state index in [0.29, 0.717) is 5.82 Å². The minimum atomic E-state index is -0.283. The van der Waals surface area contributed by atoms with Crippen LogP contribution < -0.4 is 20.3 Å². The lowest BCUT2D eigenvalue weighted by Gasteiger charge is -2.32. The highest BCUT2D eigenvalue weighted by Crippen LogP contribution is 2.39. The highest BCUT2D eigenvalue weighted by Gasteiger charge is 2.31. The number of aliphatic hydroxyl groups excluding tert-OH is 1. The van der Waals surface area contributed by atoms with Gasteiger partial charge in [0, 0.05) is 37.1 Å². The van der Waals surface area contributed by atoms with E-state index < -0.39 is 0 Å². The summed E-state index contributed by atoms with van der Waals surface area (Å²) >= 11 is 0. The van der Waals surface area contributed by atoms with Crippen LogP contribution in [0.3, 0.4) is 0 Å². The summed E-state index contributed by atoms with van der Waals surface area (Å²) in [5.41, 5.74) is 5.59. The molecule has 244 valence electrons. The molecule has 7 rings (SSSR count). The molecule has 5 aromatic rings. The molecule has 0 bridgehead atoms. The van der Waals surface area contributed by atoms with Gasteiger partial charge in [-0.25, -0.2) is 9.48 Å². The maximum absolute atomic E-state index is 13.5. The van der Waals surface area contributed by atoms with E-state index in [1.807, 2.05) is 72.1 Å². The van der Waals surface area contributed by atoms with Crippen molar-refractivity contribution >= 4 is 23.4 Å². The van der Waals surface area contributed by atoms with Crippen LogP contribution >= 0.6 is 0 Å². The lowest BCUT2D eigenvalue weighted by molar-refractivity contribution is 0.171. The second-order valence-electron chi connectivity index (χ2n) is 13.8. The highest BCUT2D eigenvalue weighted by molar-refractivity contribution is 5.89. The van der Waals surface area contributed by atoms with Crippen molar-refractivity contribution in [2.75, 3.05) is 29.9 Å². The number of pyridine rings is 1. The van der Waals surface area contributed by atoms with E-state index in [4.69, 9.17) is 9.84 Å². The standard InChI is InChI=1S/C36H42N8O3/c1-23-9-11-25(12-10-23)44-33(19-31(41-44)36(2,3)4)38-34(46)37-29-14-15-30(28-8-6-5-7-27(28)29)47-26-13-16-32-39-40-35(43(32)21-26)42-18-17-24(20-42)22-45/h5-13,16,19,21,24,29-30,45H,14-15,17-18,20,22H2,1-4H3,(H2,37,38,46)/t24-,29+,30-/m1/s1. The van der Waals surface area contributed by atoms with Gasteiger partial charge >= 0.3 is 6.03 Å². The SMILES string of the molecule is Cc1ccc(-n2nc(C(C)(C)C)cc2NC(=O)N[C@H]2CC[C@@H](Oc3ccc4nnc(N5CC[C@@H](CO)C5)n4c3)c3ccccc32)cc1. The molecule has 47 heavy (non-hydrogen) atoms. The van der Waals surface area contributed by atoms with Gasteiger partial charge in [0.1, 0.15) is 17.7 Å². The van der Waals surface area contributed by atoms with Crippen LogP contribution in [0, 0.1) is 12.8 Å². The van der Waals surface area contributed by atoms with Gasteiger partial charge in [0.05, 0.1) is 23.6 Å². The molecule has 11 nitrogen and oxygen atoms in total. The van der Waals surface area contributed by atoms with E-state index in [1.165, 1.54) is 0 Å². The Kier molecular flexibility index (Phi) is 8.09. The zero-order valence-electron chi connectivity index (χ0n) is 27.3. The smallest absolute Gasteiger partial charge is 0.320 e. The molecule has 1 fully saturated rings. The first-order valence-corrected chi connectivity index (χ1v) is 16.4. The number of fused-ring (bicyclic) bond motifs is 2. The molecule has 2 amide bonds. The van der Waals surface area contributed by atoms with Gasteiger partial charge in [-0.2, -0.15) is 5.10 Å². The van der Waals surface area contributed by atoms with Gasteiger partial charge in [-0.3, -0.25) is 9.72 Å². The Hall–Kier alpha value is -4.90. The first-order valence-electron chi connectivity index (χ1n) is 16.4. The average Bonchev–Trinajstić information content (AvgIpc) is 3.81. The summed E-state index contributed by atoms with van der Waals surface area (Å²) < 4.78 is 10.4. The Labute approximate surface area is 274 Å². The fourth-order valence-corrected chi connectivity index (χ4v) is 6.53. The number of aryl methyl sites for hydroxylation is 1. The third-order valence-electron chi connectivity index (χ3n) is 9.20. The maximum Gasteiger partial charge on any atom is 0.320 e. The number of carbonyl (C=O) groups is 1. The number of nitrogens with one attached hydrogen (secondary N) is 2. The quantitative estimate of drug-likeness (QED) is 0.197. The summed E-state index contributed by atoms with van der Waals surface area (Å²) in [6.45, 7) is 10.2. The Morgan fingerprint density at radius 1 is 1.00 bits per heavy atom. The number of benzene rings is 2. The van der Waals surface area contributed by atoms with Gasteiger partial charge in [0.15, 0.2) is 5.65 Å². The number of hydrogen-bond donors (Lipinski definition) is 3. The molecule has 1 saturated heterocycles. The maximum atomic E-state index is 13.5. The Bertz CT molecular complexity index is 1890. The van der Waals surface area contributed by atoms with Gasteiger partial charge in [-0.1, -0.05) is 62.7 Å². The van der Waals surface area contributed by atoms with Crippen LogP contribution in [-0.4, -0.2) is 55.2 Å². The van der Waals surface area contributed by atoms with Gasteiger partial charge < -0.3 is 20.1 Å². The molecule has 0 unspecified atom stereocenters. The molecule has 2 aliphatic rings. The zero-order chi connectivity index (χ0) is 32.7. The second-order valence-corrected chi connectivity index (χ2v) is 13.8. The van der Waals surface area contributed by atoms with Gasteiger partial charge in [0.25, 0.3) is 0 Å². The number of nitrogens with zero attached hydrogens (tertiary/aromatic N) is 6. The van der Waals surface area contributed by atoms with Gasteiger partial charge in [-0.05, 0) is 61.6 Å². The number of ether oxygens (including phenoxy) is 1. The monoisotopic (exact) mass is 634 g/mol. The lowest BCUT2D eigenvalue weighted by Crippen LogP contribution is -2.36. The number of carbonyl (C=O) groups excluding carboxylic acids is 1. The van der Waals surface area contributed by atoms with Crippen molar-refractivity contribution in [2.45, 2.75) is 64.5 Å². The van der Waals surface area contributed by atoms with Crippen LogP contribution in [0.5, 0.6) is 5.75 Å². The number of urea groups is 1. The highest BCUT2D eigenvalue weighted by atomic mass is 16.5.